The van der Waals surface area contributed by atoms with Gasteiger partial charge in [0, 0.05) is 23.6 Å². The highest BCUT2D eigenvalue weighted by Gasteiger charge is 2.04. The lowest BCUT2D eigenvalue weighted by Gasteiger charge is -2.02. The van der Waals surface area contributed by atoms with Gasteiger partial charge in [-0.25, -0.2) is 4.98 Å². The fraction of sp³-hybridized carbons (Fsp3) is 0. The van der Waals surface area contributed by atoms with E-state index < -0.39 is 0 Å². The fourth-order valence-corrected chi connectivity index (χ4v) is 1.84. The predicted molar refractivity (Wildman–Crippen MR) is 66.3 cm³/mol. The molecule has 3 aromatic rings. The number of halogens is 1. The van der Waals surface area contributed by atoms with Gasteiger partial charge in [0.25, 0.3) is 5.56 Å². The summed E-state index contributed by atoms with van der Waals surface area (Å²) < 4.78 is 1.70. The summed E-state index contributed by atoms with van der Waals surface area (Å²) in [6.07, 6.45) is 5.16. The smallest absolute Gasteiger partial charge is 0.292 e. The topological polar surface area (TPSA) is 50.2 Å². The van der Waals surface area contributed by atoms with Gasteiger partial charge in [0.1, 0.15) is 0 Å². The number of H-pyrrole nitrogens is 1. The minimum absolute atomic E-state index is 0.206. The van der Waals surface area contributed by atoms with Crippen molar-refractivity contribution in [2.75, 3.05) is 0 Å². The van der Waals surface area contributed by atoms with Gasteiger partial charge in [0.15, 0.2) is 0 Å². The van der Waals surface area contributed by atoms with Crippen LogP contribution in [0.5, 0.6) is 0 Å². The number of hydrogen-bond acceptors (Lipinski definition) is 2. The van der Waals surface area contributed by atoms with Crippen molar-refractivity contribution in [3.63, 3.8) is 0 Å². The maximum absolute atomic E-state index is 11.7. The van der Waals surface area contributed by atoms with E-state index in [1.807, 2.05) is 18.3 Å². The van der Waals surface area contributed by atoms with E-state index in [9.17, 15) is 4.79 Å². The Morgan fingerprint density at radius 2 is 2.00 bits per heavy atom. The molecular weight excluding hydrogens is 238 g/mol. The zero-order valence-corrected chi connectivity index (χ0v) is 9.48. The Bertz CT molecular complexity index is 727. The summed E-state index contributed by atoms with van der Waals surface area (Å²) in [6.45, 7) is 0. The van der Waals surface area contributed by atoms with Gasteiger partial charge < -0.3 is 9.38 Å². The van der Waals surface area contributed by atoms with Crippen LogP contribution in [0.4, 0.5) is 0 Å². The number of aromatic amines is 1. The third-order valence-corrected chi connectivity index (χ3v) is 2.80. The van der Waals surface area contributed by atoms with Crippen LogP contribution in [0.2, 0.25) is 5.02 Å². The van der Waals surface area contributed by atoms with Crippen molar-refractivity contribution in [2.45, 2.75) is 0 Å². The molecule has 0 fully saturated rings. The maximum Gasteiger partial charge on any atom is 0.292 e. The first kappa shape index (κ1) is 10.1. The molecule has 0 radical (unpaired) electrons. The van der Waals surface area contributed by atoms with Gasteiger partial charge >= 0.3 is 0 Å². The normalized spacial score (nSPS) is 10.9. The molecular formula is C12H8ClN3O. The third kappa shape index (κ3) is 1.72. The lowest BCUT2D eigenvalue weighted by atomic mass is 10.2. The molecule has 0 unspecified atom stereocenters. The summed E-state index contributed by atoms with van der Waals surface area (Å²) in [6, 6.07) is 7.29. The van der Waals surface area contributed by atoms with Crippen molar-refractivity contribution < 1.29 is 0 Å². The van der Waals surface area contributed by atoms with E-state index in [0.717, 1.165) is 11.3 Å². The van der Waals surface area contributed by atoms with E-state index in [2.05, 4.69) is 9.97 Å². The monoisotopic (exact) mass is 245 g/mol. The largest absolute Gasteiger partial charge is 0.317 e. The second kappa shape index (κ2) is 3.75. The molecule has 5 heteroatoms. The molecule has 2 aromatic heterocycles. The van der Waals surface area contributed by atoms with Crippen LogP contribution in [0.25, 0.3) is 16.9 Å². The Morgan fingerprint density at radius 1 is 1.24 bits per heavy atom. The average Bonchev–Trinajstić information content (AvgIpc) is 2.78. The second-order valence-corrected chi connectivity index (χ2v) is 4.10. The number of nitrogens with zero attached hydrogens (tertiary/aromatic N) is 2. The van der Waals surface area contributed by atoms with E-state index in [1.165, 1.54) is 0 Å². The highest BCUT2D eigenvalue weighted by Crippen LogP contribution is 2.18. The molecule has 0 amide bonds. The van der Waals surface area contributed by atoms with Crippen LogP contribution < -0.4 is 5.56 Å². The number of fused-ring (bicyclic) bond motifs is 1. The molecule has 0 aliphatic carbocycles. The average molecular weight is 246 g/mol. The third-order valence-electron chi connectivity index (χ3n) is 2.54. The number of benzene rings is 1. The lowest BCUT2D eigenvalue weighted by molar-refractivity contribution is 1.10. The van der Waals surface area contributed by atoms with Gasteiger partial charge in [0.2, 0.25) is 5.65 Å². The standard InChI is InChI=1S/C12H8ClN3O/c13-9-3-1-8(2-4-9)10-7-16-6-5-14-11(16)12(17)15-10/h1-7H,(H,15,17). The summed E-state index contributed by atoms with van der Waals surface area (Å²) >= 11 is 5.82. The first-order valence-corrected chi connectivity index (χ1v) is 5.44. The number of aromatic nitrogens is 3. The summed E-state index contributed by atoms with van der Waals surface area (Å²) in [5.74, 6) is 0. The van der Waals surface area contributed by atoms with Crippen molar-refractivity contribution in [3.8, 4) is 11.3 Å². The van der Waals surface area contributed by atoms with Gasteiger partial charge in [-0.15, -0.1) is 0 Å². The van der Waals surface area contributed by atoms with Crippen molar-refractivity contribution in [1.29, 1.82) is 0 Å². The molecule has 0 saturated carbocycles. The Labute approximate surface area is 102 Å². The second-order valence-electron chi connectivity index (χ2n) is 3.66. The van der Waals surface area contributed by atoms with Crippen LogP contribution in [-0.4, -0.2) is 14.4 Å². The molecule has 0 aliphatic heterocycles. The maximum atomic E-state index is 11.7. The van der Waals surface area contributed by atoms with Crippen LogP contribution in [0.1, 0.15) is 0 Å². The number of imidazole rings is 1. The van der Waals surface area contributed by atoms with E-state index in [0.29, 0.717) is 10.7 Å². The molecule has 84 valence electrons. The molecule has 4 nitrogen and oxygen atoms in total. The molecule has 2 heterocycles. The van der Waals surface area contributed by atoms with Gasteiger partial charge in [-0.1, -0.05) is 23.7 Å². The first-order valence-electron chi connectivity index (χ1n) is 5.06. The number of nitrogens with one attached hydrogen (secondary N) is 1. The minimum atomic E-state index is -0.206. The van der Waals surface area contributed by atoms with Crippen LogP contribution in [0.15, 0.2) is 47.7 Å². The number of rotatable bonds is 1. The van der Waals surface area contributed by atoms with E-state index in [4.69, 9.17) is 11.6 Å². The zero-order valence-electron chi connectivity index (χ0n) is 8.72. The molecule has 0 atom stereocenters. The van der Waals surface area contributed by atoms with Gasteiger partial charge in [-0.2, -0.15) is 0 Å². The van der Waals surface area contributed by atoms with Crippen molar-refractivity contribution >= 4 is 17.2 Å². The highest BCUT2D eigenvalue weighted by molar-refractivity contribution is 6.30. The van der Waals surface area contributed by atoms with Crippen LogP contribution in [-0.2, 0) is 0 Å². The molecule has 17 heavy (non-hydrogen) atoms. The molecule has 0 saturated heterocycles. The van der Waals surface area contributed by atoms with Crippen molar-refractivity contribution in [3.05, 3.63) is 58.2 Å². The zero-order chi connectivity index (χ0) is 11.8. The first-order chi connectivity index (χ1) is 8.24. The molecule has 3 rings (SSSR count). The lowest BCUT2D eigenvalue weighted by Crippen LogP contribution is -2.10. The SMILES string of the molecule is O=c1[nH]c(-c2ccc(Cl)cc2)cn2ccnc12. The molecule has 0 spiro atoms. The predicted octanol–water partition coefficient (Wildman–Crippen LogP) is 2.34. The van der Waals surface area contributed by atoms with Crippen LogP contribution >= 0.6 is 11.6 Å². The molecule has 1 N–H and O–H groups in total. The summed E-state index contributed by atoms with van der Waals surface area (Å²) in [7, 11) is 0. The van der Waals surface area contributed by atoms with Crippen molar-refractivity contribution in [2.24, 2.45) is 0 Å². The Balaban J connectivity index is 2.23. The molecule has 0 aliphatic rings. The Morgan fingerprint density at radius 3 is 2.76 bits per heavy atom. The van der Waals surface area contributed by atoms with E-state index >= 15 is 0 Å². The van der Waals surface area contributed by atoms with Gasteiger partial charge in [-0.3, -0.25) is 4.79 Å². The van der Waals surface area contributed by atoms with Crippen LogP contribution in [0, 0.1) is 0 Å². The quantitative estimate of drug-likeness (QED) is 0.715. The highest BCUT2D eigenvalue weighted by atomic mass is 35.5. The Kier molecular flexibility index (Phi) is 2.23. The Hall–Kier alpha value is -2.07. The number of hydrogen-bond donors (Lipinski definition) is 1. The fourth-order valence-electron chi connectivity index (χ4n) is 1.72. The van der Waals surface area contributed by atoms with Crippen LogP contribution in [0.3, 0.4) is 0 Å². The minimum Gasteiger partial charge on any atom is -0.317 e. The van der Waals surface area contributed by atoms with E-state index in [1.54, 1.807) is 28.9 Å². The van der Waals surface area contributed by atoms with E-state index in [-0.39, 0.29) is 5.56 Å². The summed E-state index contributed by atoms with van der Waals surface area (Å²) in [4.78, 5) is 18.5. The summed E-state index contributed by atoms with van der Waals surface area (Å²) in [5.41, 5.74) is 1.82. The van der Waals surface area contributed by atoms with Gasteiger partial charge in [0.05, 0.1) is 5.69 Å². The van der Waals surface area contributed by atoms with Crippen molar-refractivity contribution in [1.82, 2.24) is 14.4 Å². The molecule has 1 aromatic carbocycles. The summed E-state index contributed by atoms with van der Waals surface area (Å²) in [5, 5.41) is 0.666. The van der Waals surface area contributed by atoms with Gasteiger partial charge in [-0.05, 0) is 17.7 Å². The molecule has 0 bridgehead atoms.